The Balaban J connectivity index is 1.75. The van der Waals surface area contributed by atoms with Gasteiger partial charge in [-0.05, 0) is 43.5 Å². The topological polar surface area (TPSA) is 74.7 Å². The van der Waals surface area contributed by atoms with E-state index in [1.54, 1.807) is 18.5 Å². The second-order valence-electron chi connectivity index (χ2n) is 7.75. The summed E-state index contributed by atoms with van der Waals surface area (Å²) in [6.45, 7) is 3.21. The Morgan fingerprint density at radius 3 is 2.31 bits per heavy atom. The van der Waals surface area contributed by atoms with E-state index in [9.17, 15) is 13.2 Å². The Bertz CT molecular complexity index is 972. The van der Waals surface area contributed by atoms with E-state index in [0.29, 0.717) is 31.0 Å². The number of rotatable bonds is 6. The lowest BCUT2D eigenvalue weighted by Gasteiger charge is -2.25. The fourth-order valence-corrected chi connectivity index (χ4v) is 5.37. The number of piperidine rings is 1. The maximum absolute atomic E-state index is 13.0. The molecule has 7 nitrogen and oxygen atoms in total. The molecule has 158 valence electrons. The zero-order valence-corrected chi connectivity index (χ0v) is 18.4. The molecule has 8 heteroatoms. The highest BCUT2D eigenvalue weighted by molar-refractivity contribution is 7.89. The van der Waals surface area contributed by atoms with Crippen molar-refractivity contribution in [2.75, 3.05) is 32.1 Å². The Hall–Kier alpha value is -2.32. The van der Waals surface area contributed by atoms with Crippen LogP contribution >= 0.6 is 0 Å². The van der Waals surface area contributed by atoms with E-state index in [4.69, 9.17) is 0 Å². The Labute approximate surface area is 173 Å². The highest BCUT2D eigenvalue weighted by Gasteiger charge is 2.30. The third-order valence-corrected chi connectivity index (χ3v) is 7.57. The molecule has 29 heavy (non-hydrogen) atoms. The summed E-state index contributed by atoms with van der Waals surface area (Å²) >= 11 is 0. The van der Waals surface area contributed by atoms with Crippen LogP contribution in [0.3, 0.4) is 0 Å². The van der Waals surface area contributed by atoms with Crippen molar-refractivity contribution in [2.24, 2.45) is 7.05 Å². The lowest BCUT2D eigenvalue weighted by Crippen LogP contribution is -2.35. The number of nitrogens with zero attached hydrogens (tertiary/aromatic N) is 3. The smallest absolute Gasteiger partial charge is 0.268 e. The maximum atomic E-state index is 13.0. The van der Waals surface area contributed by atoms with E-state index in [2.05, 4.69) is 5.32 Å². The summed E-state index contributed by atoms with van der Waals surface area (Å²) in [4.78, 5) is 15.0. The van der Waals surface area contributed by atoms with Crippen LogP contribution in [0.15, 0.2) is 35.2 Å². The molecular formula is C21H30N4O3S. The van der Waals surface area contributed by atoms with E-state index >= 15 is 0 Å². The third-order valence-electron chi connectivity index (χ3n) is 5.56. The summed E-state index contributed by atoms with van der Waals surface area (Å²) in [7, 11) is 2.10. The number of amides is 1. The van der Waals surface area contributed by atoms with E-state index in [-0.39, 0.29) is 10.8 Å². The number of anilines is 1. The predicted molar refractivity (Wildman–Crippen MR) is 115 cm³/mol. The number of aromatic nitrogens is 1. The molecule has 0 atom stereocenters. The number of nitrogens with one attached hydrogen (secondary N) is 1. The number of hydrogen-bond acceptors (Lipinski definition) is 4. The van der Waals surface area contributed by atoms with Crippen molar-refractivity contribution in [1.82, 2.24) is 14.2 Å². The van der Waals surface area contributed by atoms with Crippen LogP contribution in [-0.2, 0) is 23.6 Å². The molecule has 0 unspecified atom stereocenters. The normalized spacial score (nSPS) is 15.3. The fraction of sp³-hybridized carbons (Fsp3) is 0.476. The van der Waals surface area contributed by atoms with Gasteiger partial charge in [-0.1, -0.05) is 18.6 Å². The average Bonchev–Trinajstić information content (AvgIpc) is 3.02. The van der Waals surface area contributed by atoms with Crippen molar-refractivity contribution >= 4 is 21.6 Å². The van der Waals surface area contributed by atoms with Crippen LogP contribution in [0.1, 0.15) is 41.0 Å². The molecule has 3 rings (SSSR count). The van der Waals surface area contributed by atoms with Gasteiger partial charge in [-0.15, -0.1) is 0 Å². The SMILES string of the molecule is Cc1c(S(=O)(=O)N2CCCCC2)cc(C(=O)NCc2ccc(N(C)C)cc2)n1C. The lowest BCUT2D eigenvalue weighted by molar-refractivity contribution is 0.0942. The molecule has 0 spiro atoms. The quantitative estimate of drug-likeness (QED) is 0.782. The number of benzene rings is 1. The predicted octanol–water partition coefficient (Wildman–Crippen LogP) is 2.50. The van der Waals surface area contributed by atoms with Crippen molar-refractivity contribution in [3.8, 4) is 0 Å². The molecule has 1 aliphatic rings. The molecule has 0 saturated carbocycles. The molecule has 2 aromatic rings. The molecule has 1 aromatic carbocycles. The zero-order chi connectivity index (χ0) is 21.2. The Kier molecular flexibility index (Phi) is 6.33. The van der Waals surface area contributed by atoms with Gasteiger partial charge in [0.25, 0.3) is 5.91 Å². The summed E-state index contributed by atoms with van der Waals surface area (Å²) in [5.41, 5.74) is 3.00. The van der Waals surface area contributed by atoms with Crippen LogP contribution in [-0.4, -0.2) is 50.4 Å². The second kappa shape index (κ2) is 8.59. The minimum atomic E-state index is -3.58. The first-order valence-corrected chi connectivity index (χ1v) is 11.4. The maximum Gasteiger partial charge on any atom is 0.268 e. The van der Waals surface area contributed by atoms with Crippen LogP contribution in [0.4, 0.5) is 5.69 Å². The van der Waals surface area contributed by atoms with Crippen molar-refractivity contribution in [1.29, 1.82) is 0 Å². The van der Waals surface area contributed by atoms with Crippen molar-refractivity contribution in [3.05, 3.63) is 47.3 Å². The fourth-order valence-electron chi connectivity index (χ4n) is 3.58. The monoisotopic (exact) mass is 418 g/mol. The van der Waals surface area contributed by atoms with E-state index in [1.165, 1.54) is 10.4 Å². The van der Waals surface area contributed by atoms with Crippen LogP contribution in [0.5, 0.6) is 0 Å². The van der Waals surface area contributed by atoms with Gasteiger partial charge in [-0.25, -0.2) is 8.42 Å². The molecule has 1 fully saturated rings. The zero-order valence-electron chi connectivity index (χ0n) is 17.6. The summed E-state index contributed by atoms with van der Waals surface area (Å²) in [6.07, 6.45) is 2.82. The van der Waals surface area contributed by atoms with E-state index < -0.39 is 10.0 Å². The van der Waals surface area contributed by atoms with Crippen LogP contribution in [0, 0.1) is 6.92 Å². The van der Waals surface area contributed by atoms with Gasteiger partial charge in [-0.3, -0.25) is 4.79 Å². The van der Waals surface area contributed by atoms with Gasteiger partial charge in [0.15, 0.2) is 0 Å². The molecule has 1 N–H and O–H groups in total. The molecule has 1 aromatic heterocycles. The molecular weight excluding hydrogens is 388 g/mol. The van der Waals surface area contributed by atoms with E-state index in [1.807, 2.05) is 43.3 Å². The summed E-state index contributed by atoms with van der Waals surface area (Å²) in [5.74, 6) is -0.285. The lowest BCUT2D eigenvalue weighted by atomic mass is 10.2. The van der Waals surface area contributed by atoms with Crippen LogP contribution < -0.4 is 10.2 Å². The van der Waals surface area contributed by atoms with Gasteiger partial charge in [0.1, 0.15) is 10.6 Å². The van der Waals surface area contributed by atoms with Gasteiger partial charge in [0.2, 0.25) is 10.0 Å². The van der Waals surface area contributed by atoms with Gasteiger partial charge in [0.05, 0.1) is 0 Å². The number of carbonyl (C=O) groups is 1. The minimum absolute atomic E-state index is 0.224. The van der Waals surface area contributed by atoms with E-state index in [0.717, 1.165) is 30.5 Å². The number of sulfonamides is 1. The molecule has 1 amide bonds. The molecule has 2 heterocycles. The Morgan fingerprint density at radius 1 is 1.10 bits per heavy atom. The van der Waals surface area contributed by atoms with Gasteiger partial charge < -0.3 is 14.8 Å². The van der Waals surface area contributed by atoms with Gasteiger partial charge in [-0.2, -0.15) is 4.31 Å². The number of hydrogen-bond donors (Lipinski definition) is 1. The third kappa shape index (κ3) is 4.48. The Morgan fingerprint density at radius 2 is 1.72 bits per heavy atom. The highest BCUT2D eigenvalue weighted by atomic mass is 32.2. The summed E-state index contributed by atoms with van der Waals surface area (Å²) < 4.78 is 29.3. The first kappa shape index (κ1) is 21.4. The molecule has 0 radical (unpaired) electrons. The molecule has 0 aliphatic carbocycles. The molecule has 0 bridgehead atoms. The first-order valence-electron chi connectivity index (χ1n) is 9.92. The van der Waals surface area contributed by atoms with Crippen molar-refractivity contribution < 1.29 is 13.2 Å². The number of carbonyl (C=O) groups excluding carboxylic acids is 1. The van der Waals surface area contributed by atoms with Gasteiger partial charge >= 0.3 is 0 Å². The van der Waals surface area contributed by atoms with Crippen LogP contribution in [0.25, 0.3) is 0 Å². The summed E-state index contributed by atoms with van der Waals surface area (Å²) in [6, 6.07) is 9.44. The first-order chi connectivity index (χ1) is 13.7. The average molecular weight is 419 g/mol. The van der Waals surface area contributed by atoms with Gasteiger partial charge in [0, 0.05) is 52.2 Å². The minimum Gasteiger partial charge on any atom is -0.378 e. The molecule has 1 aliphatic heterocycles. The largest absolute Gasteiger partial charge is 0.378 e. The highest BCUT2D eigenvalue weighted by Crippen LogP contribution is 2.26. The summed E-state index contributed by atoms with van der Waals surface area (Å²) in [5, 5.41) is 2.89. The van der Waals surface area contributed by atoms with Crippen molar-refractivity contribution in [3.63, 3.8) is 0 Å². The molecule has 1 saturated heterocycles. The van der Waals surface area contributed by atoms with Crippen LogP contribution in [0.2, 0.25) is 0 Å². The second-order valence-corrected chi connectivity index (χ2v) is 9.65. The van der Waals surface area contributed by atoms with Crippen molar-refractivity contribution in [2.45, 2.75) is 37.6 Å². The standard InChI is InChI=1S/C21H30N4O3S/c1-16-20(29(27,28)25-12-6-5-7-13-25)14-19(24(16)4)21(26)22-15-17-8-10-18(11-9-17)23(2)3/h8-11,14H,5-7,12-13,15H2,1-4H3,(H,22,26).